The topological polar surface area (TPSA) is 211 Å². The molecule has 2 saturated carbocycles. The molecule has 1 saturated heterocycles. The van der Waals surface area contributed by atoms with Gasteiger partial charge in [-0.05, 0) is 55.8 Å². The Morgan fingerprint density at radius 1 is 1.07 bits per heavy atom. The number of piperidine rings is 1. The van der Waals surface area contributed by atoms with Gasteiger partial charge < -0.3 is 36.2 Å². The first-order valence-corrected chi connectivity index (χ1v) is 15.5. The molecule has 6 N–H and O–H groups in total. The van der Waals surface area contributed by atoms with Crippen molar-refractivity contribution in [2.75, 3.05) is 6.54 Å². The maximum Gasteiger partial charge on any atom is 1.00 e. The third-order valence-electron chi connectivity index (χ3n) is 8.95. The number of hydrogen-bond donors (Lipinski definition) is 5. The summed E-state index contributed by atoms with van der Waals surface area (Å²) in [5, 5.41) is 18.8. The molecule has 1 heterocycles. The Morgan fingerprint density at radius 3 is 2.02 bits per heavy atom. The molecule has 6 atom stereocenters. The molecule has 1 aliphatic heterocycles. The van der Waals surface area contributed by atoms with Crippen LogP contribution in [-0.2, 0) is 24.5 Å². The number of primary amides is 1. The van der Waals surface area contributed by atoms with E-state index < -0.39 is 67.9 Å². The van der Waals surface area contributed by atoms with Gasteiger partial charge in [-0.15, -0.1) is 0 Å². The molecule has 13 nitrogen and oxygen atoms in total. The van der Waals surface area contributed by atoms with Gasteiger partial charge in [-0.25, -0.2) is 13.2 Å². The molecule has 15 heteroatoms. The number of nitrogens with one attached hydrogen (secondary N) is 3. The Bertz CT molecular complexity index is 1190. The fourth-order valence-corrected chi connectivity index (χ4v) is 6.99. The first kappa shape index (κ1) is 36.7. The number of rotatable bonds is 9. The van der Waals surface area contributed by atoms with Crippen molar-refractivity contribution in [3.05, 3.63) is 0 Å². The minimum absolute atomic E-state index is 0. The first-order valence-electron chi connectivity index (χ1n) is 14.1. The number of likely N-dealkylation sites (tertiary alicyclic amines) is 1. The van der Waals surface area contributed by atoms with Gasteiger partial charge >= 0.3 is 35.6 Å². The van der Waals surface area contributed by atoms with E-state index in [2.05, 4.69) is 16.0 Å². The van der Waals surface area contributed by atoms with Gasteiger partial charge in [0.15, 0.2) is 0 Å². The maximum absolute atomic E-state index is 14.0. The summed E-state index contributed by atoms with van der Waals surface area (Å²) < 4.78 is 36.3. The summed E-state index contributed by atoms with van der Waals surface area (Å²) in [6.45, 7) is 14.9. The average Bonchev–Trinajstić information content (AvgIpc) is 3.10. The summed E-state index contributed by atoms with van der Waals surface area (Å²) in [6.07, 6.45) is 2.03. The van der Waals surface area contributed by atoms with E-state index >= 15 is 0 Å². The van der Waals surface area contributed by atoms with Crippen molar-refractivity contribution < 1.29 is 66.8 Å². The number of nitrogens with zero attached hydrogens (tertiary/aromatic N) is 1. The molecule has 0 bridgehead atoms. The fraction of sp³-hybridized carbons (Fsp3) is 0.852. The molecule has 0 aromatic carbocycles. The SMILES string of the molecule is CC(C)(C)NC(=O)N[C@H](C(=O)N1CC2[C@@H]([C@H]1C(=O)NC(CC1CCC1)C(O)(C(N)=O)S(=O)(=O)[O-])C2(C)C)C(C)(C)C.[Na+]. The Balaban J connectivity index is 0.00000616. The Kier molecular flexibility index (Phi) is 10.6. The van der Waals surface area contributed by atoms with Crippen LogP contribution in [0.25, 0.3) is 0 Å². The monoisotopic (exact) mass is 623 g/mol. The molecule has 0 radical (unpaired) electrons. The van der Waals surface area contributed by atoms with Crippen LogP contribution in [0.15, 0.2) is 0 Å². The molecular formula is C27H46N5NaO8S. The van der Waals surface area contributed by atoms with E-state index in [4.69, 9.17) is 5.73 Å². The predicted octanol–water partition coefficient (Wildman–Crippen LogP) is -2.62. The number of hydrogen-bond acceptors (Lipinski definition) is 8. The summed E-state index contributed by atoms with van der Waals surface area (Å²) in [7, 11) is -5.70. The Labute approximate surface area is 270 Å². The fourth-order valence-electron chi connectivity index (χ4n) is 6.24. The van der Waals surface area contributed by atoms with Crippen LogP contribution in [0, 0.1) is 28.6 Å². The van der Waals surface area contributed by atoms with Crippen molar-refractivity contribution in [2.45, 2.75) is 110 Å². The van der Waals surface area contributed by atoms with Crippen molar-refractivity contribution in [1.29, 1.82) is 0 Å². The summed E-state index contributed by atoms with van der Waals surface area (Å²) >= 11 is 0. The van der Waals surface area contributed by atoms with Gasteiger partial charge in [-0.1, -0.05) is 53.9 Å². The van der Waals surface area contributed by atoms with Crippen LogP contribution in [0.4, 0.5) is 4.79 Å². The molecule has 0 aromatic heterocycles. The summed E-state index contributed by atoms with van der Waals surface area (Å²) in [5.74, 6) is -3.55. The number of aliphatic hydroxyl groups is 1. The number of carbonyl (C=O) groups excluding carboxylic acids is 4. The molecule has 3 unspecified atom stereocenters. The van der Waals surface area contributed by atoms with E-state index in [1.807, 2.05) is 13.8 Å². The molecule has 2 aliphatic carbocycles. The normalized spacial score (nSPS) is 26.3. The number of urea groups is 1. The second-order valence-corrected chi connectivity index (χ2v) is 16.2. The third-order valence-corrected chi connectivity index (χ3v) is 10.2. The van der Waals surface area contributed by atoms with Gasteiger partial charge in [-0.2, -0.15) is 0 Å². The molecular weight excluding hydrogens is 577 g/mol. The number of nitrogens with two attached hydrogens (primary N) is 1. The Morgan fingerprint density at radius 2 is 1.62 bits per heavy atom. The molecule has 5 amide bonds. The van der Waals surface area contributed by atoms with Crippen LogP contribution in [0.5, 0.6) is 0 Å². The van der Waals surface area contributed by atoms with Crippen LogP contribution < -0.4 is 51.2 Å². The number of amides is 5. The minimum atomic E-state index is -5.70. The second kappa shape index (κ2) is 12.2. The van der Waals surface area contributed by atoms with Gasteiger partial charge in [0.1, 0.15) is 22.2 Å². The van der Waals surface area contributed by atoms with Gasteiger partial charge in [-0.3, -0.25) is 14.4 Å². The van der Waals surface area contributed by atoms with E-state index in [1.54, 1.807) is 41.5 Å². The molecule has 3 rings (SSSR count). The van der Waals surface area contributed by atoms with E-state index in [0.29, 0.717) is 12.8 Å². The minimum Gasteiger partial charge on any atom is -0.745 e. The van der Waals surface area contributed by atoms with Gasteiger partial charge in [0.05, 0.1) is 6.04 Å². The van der Waals surface area contributed by atoms with Crippen molar-refractivity contribution in [2.24, 2.45) is 34.3 Å². The molecule has 0 spiro atoms. The first-order chi connectivity index (χ1) is 18.4. The molecule has 42 heavy (non-hydrogen) atoms. The third kappa shape index (κ3) is 7.26. The maximum atomic E-state index is 14.0. The van der Waals surface area contributed by atoms with E-state index in [1.165, 1.54) is 4.90 Å². The molecule has 234 valence electrons. The standard InChI is InChI=1S/C27H47N5O8S.Na/c1-24(2,3)19(30-23(36)31-25(4,5)6)21(34)32-13-15-17(26(15,7)8)18(32)20(33)29-16(12-14-10-9-11-14)27(37,22(28)35)41(38,39)40;/h14-19,37H,9-13H2,1-8H3,(H2,28,35)(H,29,33)(H2,30,31,36)(H,38,39,40);/q;+1/p-1/t15?,16?,17-,18-,19+,27?;/m0./s1. The summed E-state index contributed by atoms with van der Waals surface area (Å²) in [5.41, 5.74) is 3.60. The molecule has 3 fully saturated rings. The van der Waals surface area contributed by atoms with Gasteiger partial charge in [0, 0.05) is 12.1 Å². The Hall–Kier alpha value is -1.45. The van der Waals surface area contributed by atoms with Crippen molar-refractivity contribution in [3.8, 4) is 0 Å². The molecule has 3 aliphatic rings. The van der Waals surface area contributed by atoms with Crippen LogP contribution in [0.3, 0.4) is 0 Å². The van der Waals surface area contributed by atoms with E-state index in [-0.39, 0.29) is 65.7 Å². The van der Waals surface area contributed by atoms with Gasteiger partial charge in [0.25, 0.3) is 10.8 Å². The van der Waals surface area contributed by atoms with Crippen LogP contribution in [-0.4, -0.2) is 81.9 Å². The van der Waals surface area contributed by atoms with Crippen LogP contribution >= 0.6 is 0 Å². The summed E-state index contributed by atoms with van der Waals surface area (Å²) in [6, 6.07) is -4.46. The van der Waals surface area contributed by atoms with Crippen molar-refractivity contribution >= 4 is 33.9 Å². The number of carbonyl (C=O) groups is 4. The second-order valence-electron chi connectivity index (χ2n) is 14.6. The zero-order chi connectivity index (χ0) is 31.5. The van der Waals surface area contributed by atoms with E-state index in [9.17, 15) is 37.3 Å². The molecule has 0 aromatic rings. The van der Waals surface area contributed by atoms with Crippen molar-refractivity contribution in [3.63, 3.8) is 0 Å². The van der Waals surface area contributed by atoms with Gasteiger partial charge in [0.2, 0.25) is 11.8 Å². The van der Waals surface area contributed by atoms with E-state index in [0.717, 1.165) is 6.42 Å². The zero-order valence-corrected chi connectivity index (χ0v) is 29.1. The predicted molar refractivity (Wildman–Crippen MR) is 149 cm³/mol. The quantitative estimate of drug-likeness (QED) is 0.135. The largest absolute Gasteiger partial charge is 1.00 e. The summed E-state index contributed by atoms with van der Waals surface area (Å²) in [4.78, 5) is 50.6. The van der Waals surface area contributed by atoms with Crippen molar-refractivity contribution in [1.82, 2.24) is 20.9 Å². The average molecular weight is 624 g/mol. The van der Waals surface area contributed by atoms with Crippen LogP contribution in [0.1, 0.15) is 81.1 Å². The smallest absolute Gasteiger partial charge is 0.745 e. The number of fused-ring (bicyclic) bond motifs is 1. The zero-order valence-electron chi connectivity index (χ0n) is 26.2. The van der Waals surface area contributed by atoms with Crippen LogP contribution in [0.2, 0.25) is 0 Å².